The maximum Gasteiger partial charge on any atom is 0.228 e. The van der Waals surface area contributed by atoms with Crippen LogP contribution in [0.25, 0.3) is 10.9 Å². The number of nitrogens with zero attached hydrogens (tertiary/aromatic N) is 4. The van der Waals surface area contributed by atoms with Crippen molar-refractivity contribution in [1.29, 1.82) is 0 Å². The summed E-state index contributed by atoms with van der Waals surface area (Å²) in [5.41, 5.74) is 2.02. The molecule has 4 rings (SSSR count). The SMILES string of the molecule is C=N/C=C(\N=C(/C)c1ccc2cnc(NC(=O)C3CC3)cc2n1)N[C@H]1CCNC[C@@H]1F. The largest absolute Gasteiger partial charge is 0.363 e. The Hall–Kier alpha value is -3.20. The van der Waals surface area contributed by atoms with E-state index in [4.69, 9.17) is 0 Å². The van der Waals surface area contributed by atoms with Crippen molar-refractivity contribution in [3.05, 3.63) is 42.1 Å². The molecule has 8 nitrogen and oxygen atoms in total. The van der Waals surface area contributed by atoms with Crippen molar-refractivity contribution in [3.8, 4) is 0 Å². The molecule has 0 unspecified atom stereocenters. The van der Waals surface area contributed by atoms with Crippen LogP contribution in [0.2, 0.25) is 0 Å². The van der Waals surface area contributed by atoms with Crippen LogP contribution in [0.5, 0.6) is 0 Å². The molecule has 162 valence electrons. The van der Waals surface area contributed by atoms with E-state index >= 15 is 0 Å². The fourth-order valence-corrected chi connectivity index (χ4v) is 3.46. The first kappa shape index (κ1) is 21.0. The third kappa shape index (κ3) is 5.29. The van der Waals surface area contributed by atoms with E-state index in [-0.39, 0.29) is 17.9 Å². The molecule has 3 heterocycles. The average molecular weight is 423 g/mol. The molecule has 1 amide bonds. The number of aliphatic imine (C=N–C) groups is 2. The molecule has 0 bridgehead atoms. The topological polar surface area (TPSA) is 104 Å². The number of fused-ring (bicyclic) bond motifs is 1. The highest BCUT2D eigenvalue weighted by Crippen LogP contribution is 2.30. The monoisotopic (exact) mass is 423 g/mol. The Bertz CT molecular complexity index is 1050. The number of carbonyl (C=O) groups is 1. The van der Waals surface area contributed by atoms with Crippen LogP contribution in [-0.4, -0.2) is 53.6 Å². The van der Waals surface area contributed by atoms with Crippen molar-refractivity contribution in [2.75, 3.05) is 18.4 Å². The number of nitrogens with one attached hydrogen (secondary N) is 3. The second kappa shape index (κ2) is 9.30. The quantitative estimate of drug-likeness (QED) is 0.594. The Labute approximate surface area is 180 Å². The van der Waals surface area contributed by atoms with Gasteiger partial charge in [0.2, 0.25) is 5.91 Å². The number of halogens is 1. The summed E-state index contributed by atoms with van der Waals surface area (Å²) in [7, 11) is 0. The van der Waals surface area contributed by atoms with Gasteiger partial charge < -0.3 is 16.0 Å². The van der Waals surface area contributed by atoms with Crippen LogP contribution in [0, 0.1) is 5.92 Å². The molecule has 0 radical (unpaired) electrons. The van der Waals surface area contributed by atoms with Crippen LogP contribution in [0.1, 0.15) is 31.9 Å². The highest BCUT2D eigenvalue weighted by Gasteiger charge is 2.29. The van der Waals surface area contributed by atoms with Gasteiger partial charge in [0.05, 0.1) is 29.2 Å². The lowest BCUT2D eigenvalue weighted by atomic mass is 10.1. The molecule has 1 aliphatic heterocycles. The Balaban J connectivity index is 1.54. The fraction of sp³-hybridized carbons (Fsp3) is 0.409. The Morgan fingerprint density at radius 1 is 1.35 bits per heavy atom. The summed E-state index contributed by atoms with van der Waals surface area (Å²) in [6.45, 7) is 6.38. The normalized spacial score (nSPS) is 22.3. The van der Waals surface area contributed by atoms with Crippen molar-refractivity contribution in [2.45, 2.75) is 38.4 Å². The molecule has 1 saturated carbocycles. The first-order valence-corrected chi connectivity index (χ1v) is 10.4. The molecular weight excluding hydrogens is 397 g/mol. The summed E-state index contributed by atoms with van der Waals surface area (Å²) in [6, 6.07) is 5.18. The van der Waals surface area contributed by atoms with E-state index < -0.39 is 6.17 Å². The van der Waals surface area contributed by atoms with Gasteiger partial charge in [0.15, 0.2) is 0 Å². The molecule has 1 aliphatic carbocycles. The lowest BCUT2D eigenvalue weighted by Gasteiger charge is -2.28. The maximum atomic E-state index is 14.2. The van der Waals surface area contributed by atoms with Crippen molar-refractivity contribution in [3.63, 3.8) is 0 Å². The van der Waals surface area contributed by atoms with Crippen LogP contribution in [0.15, 0.2) is 46.4 Å². The van der Waals surface area contributed by atoms with Crippen LogP contribution in [0.3, 0.4) is 0 Å². The van der Waals surface area contributed by atoms with Gasteiger partial charge in [0, 0.05) is 30.1 Å². The highest BCUT2D eigenvalue weighted by molar-refractivity contribution is 6.00. The molecule has 0 aromatic carbocycles. The zero-order valence-electron chi connectivity index (χ0n) is 17.4. The molecule has 1 saturated heterocycles. The number of aromatic nitrogens is 2. The van der Waals surface area contributed by atoms with E-state index in [1.54, 1.807) is 12.3 Å². The molecule has 2 aliphatic rings. The van der Waals surface area contributed by atoms with E-state index in [9.17, 15) is 9.18 Å². The minimum absolute atomic E-state index is 0.00241. The predicted molar refractivity (Wildman–Crippen MR) is 120 cm³/mol. The van der Waals surface area contributed by atoms with Gasteiger partial charge in [-0.05, 0) is 51.6 Å². The minimum atomic E-state index is -1.01. The summed E-state index contributed by atoms with van der Waals surface area (Å²) >= 11 is 0. The number of pyridine rings is 2. The van der Waals surface area contributed by atoms with E-state index in [1.807, 2.05) is 19.1 Å². The number of hydrogen-bond donors (Lipinski definition) is 3. The molecule has 2 fully saturated rings. The highest BCUT2D eigenvalue weighted by atomic mass is 19.1. The standard InChI is InChI=1S/C22H26FN7O/c1-13(27-21(12-24-2)29-18-7-8-25-11-16(18)23)17-6-5-15-10-26-20(9-19(15)28-17)30-22(31)14-3-4-14/h5-6,9-10,12,14,16,18,25,29H,2-4,7-8,11H2,1H3,(H,26,30,31)/b21-12+,27-13+/t16-,18-/m0/s1. The molecular formula is C22H26FN7O. The number of amides is 1. The van der Waals surface area contributed by atoms with Gasteiger partial charge in [-0.3, -0.25) is 9.79 Å². The second-order valence-corrected chi connectivity index (χ2v) is 7.88. The van der Waals surface area contributed by atoms with E-state index in [0.29, 0.717) is 41.5 Å². The molecule has 2 atom stereocenters. The number of piperidine rings is 1. The molecule has 31 heavy (non-hydrogen) atoms. The van der Waals surface area contributed by atoms with Gasteiger partial charge in [-0.25, -0.2) is 19.4 Å². The summed E-state index contributed by atoms with van der Waals surface area (Å²) in [4.78, 5) is 29.3. The van der Waals surface area contributed by atoms with Crippen LogP contribution in [-0.2, 0) is 4.79 Å². The zero-order chi connectivity index (χ0) is 21.8. The van der Waals surface area contributed by atoms with Gasteiger partial charge >= 0.3 is 0 Å². The molecule has 2 aromatic heterocycles. The smallest absolute Gasteiger partial charge is 0.228 e. The lowest BCUT2D eigenvalue weighted by Crippen LogP contribution is -2.48. The number of carbonyl (C=O) groups excluding carboxylic acids is 1. The van der Waals surface area contributed by atoms with Gasteiger partial charge in [0.1, 0.15) is 17.8 Å². The zero-order valence-corrected chi connectivity index (χ0v) is 17.4. The molecule has 2 aromatic rings. The number of rotatable bonds is 7. The first-order chi connectivity index (χ1) is 15.0. The summed E-state index contributed by atoms with van der Waals surface area (Å²) in [5, 5.41) is 9.87. The van der Waals surface area contributed by atoms with Crippen molar-refractivity contribution in [1.82, 2.24) is 20.6 Å². The number of anilines is 1. The number of hydrogen-bond acceptors (Lipinski definition) is 7. The first-order valence-electron chi connectivity index (χ1n) is 10.4. The van der Waals surface area contributed by atoms with Gasteiger partial charge in [0.25, 0.3) is 0 Å². The molecule has 0 spiro atoms. The van der Waals surface area contributed by atoms with E-state index in [2.05, 4.69) is 42.6 Å². The fourth-order valence-electron chi connectivity index (χ4n) is 3.46. The van der Waals surface area contributed by atoms with Crippen LogP contribution in [0.4, 0.5) is 10.2 Å². The van der Waals surface area contributed by atoms with Crippen LogP contribution >= 0.6 is 0 Å². The van der Waals surface area contributed by atoms with Crippen LogP contribution < -0.4 is 16.0 Å². The summed E-state index contributed by atoms with van der Waals surface area (Å²) in [6.07, 6.45) is 4.68. The lowest BCUT2D eigenvalue weighted by molar-refractivity contribution is -0.117. The van der Waals surface area contributed by atoms with Gasteiger partial charge in [-0.2, -0.15) is 0 Å². The summed E-state index contributed by atoms with van der Waals surface area (Å²) < 4.78 is 14.2. The second-order valence-electron chi connectivity index (χ2n) is 7.88. The maximum absolute atomic E-state index is 14.2. The predicted octanol–water partition coefficient (Wildman–Crippen LogP) is 2.58. The summed E-state index contributed by atoms with van der Waals surface area (Å²) in [5.74, 6) is 1.03. The van der Waals surface area contributed by atoms with Crippen molar-refractivity contribution in [2.24, 2.45) is 15.9 Å². The Morgan fingerprint density at radius 2 is 2.19 bits per heavy atom. The number of alkyl halides is 1. The van der Waals surface area contributed by atoms with E-state index in [0.717, 1.165) is 24.8 Å². The van der Waals surface area contributed by atoms with E-state index in [1.165, 1.54) is 6.20 Å². The van der Waals surface area contributed by atoms with Crippen molar-refractivity contribution < 1.29 is 9.18 Å². The van der Waals surface area contributed by atoms with Gasteiger partial charge in [-0.1, -0.05) is 0 Å². The Kier molecular flexibility index (Phi) is 6.31. The van der Waals surface area contributed by atoms with Crippen molar-refractivity contribution >= 4 is 35.1 Å². The van der Waals surface area contributed by atoms with Gasteiger partial charge in [-0.15, -0.1) is 0 Å². The third-order valence-corrected chi connectivity index (χ3v) is 5.39. The average Bonchev–Trinajstić information content (AvgIpc) is 3.60. The Morgan fingerprint density at radius 3 is 2.94 bits per heavy atom. The molecule has 9 heteroatoms. The third-order valence-electron chi connectivity index (χ3n) is 5.39. The minimum Gasteiger partial charge on any atom is -0.363 e. The molecule has 3 N–H and O–H groups in total.